The number of anilines is 1. The normalized spacial score (nSPS) is 13.5. The number of carbonyl (C=O) groups excluding carboxylic acids is 1. The number of ether oxygens (including phenoxy) is 2. The monoisotopic (exact) mass is 704 g/mol. The number of fused-ring (bicyclic) bond motifs is 1. The van der Waals surface area contributed by atoms with Crippen molar-refractivity contribution < 1.29 is 37.3 Å². The fraction of sp³-hybridized carbons (Fsp3) is 0.324. The fourth-order valence-corrected chi connectivity index (χ4v) is 6.70. The molecule has 2 aromatic heterocycles. The van der Waals surface area contributed by atoms with Gasteiger partial charge < -0.3 is 19.1 Å². The third kappa shape index (κ3) is 7.94. The minimum absolute atomic E-state index is 0.000735. The van der Waals surface area contributed by atoms with Crippen molar-refractivity contribution in [1.82, 2.24) is 14.3 Å². The Balaban J connectivity index is 1.28. The summed E-state index contributed by atoms with van der Waals surface area (Å²) in [4.78, 5) is 25.4. The SMILES string of the molecule is C[Si](C)(C)CCOCn1ccc2c(F)c(Oc3ccc(F)c(-n4nc(Cc5cccc(CCC(=O)O)c5)cc4N4CCCC4=O)c3)c(F)cc21. The molecule has 5 aromatic rings. The number of nitrogens with zero attached hydrogens (tertiary/aromatic N) is 4. The third-order valence-corrected chi connectivity index (χ3v) is 10.3. The van der Waals surface area contributed by atoms with Gasteiger partial charge in [0.15, 0.2) is 17.4 Å². The molecular formula is C37H39F3N4O5Si. The highest BCUT2D eigenvalue weighted by molar-refractivity contribution is 6.76. The number of aliphatic carboxylic acids is 1. The van der Waals surface area contributed by atoms with E-state index in [1.165, 1.54) is 28.9 Å². The number of aromatic nitrogens is 3. The Labute approximate surface area is 288 Å². The summed E-state index contributed by atoms with van der Waals surface area (Å²) >= 11 is 0. The van der Waals surface area contributed by atoms with Crippen molar-refractivity contribution in [3.8, 4) is 17.2 Å². The number of aryl methyl sites for hydroxylation is 1. The molecule has 9 nitrogen and oxygen atoms in total. The van der Waals surface area contributed by atoms with Gasteiger partial charge in [-0.25, -0.2) is 17.9 Å². The number of amides is 1. The molecule has 0 aliphatic carbocycles. The van der Waals surface area contributed by atoms with Crippen LogP contribution in [0.5, 0.6) is 11.5 Å². The first-order valence-corrected chi connectivity index (χ1v) is 20.3. The maximum Gasteiger partial charge on any atom is 0.303 e. The summed E-state index contributed by atoms with van der Waals surface area (Å²) in [6.45, 7) is 7.86. The molecule has 0 unspecified atom stereocenters. The Kier molecular flexibility index (Phi) is 10.2. The second kappa shape index (κ2) is 14.5. The molecule has 1 N–H and O–H groups in total. The number of hydrogen-bond acceptors (Lipinski definition) is 5. The maximum atomic E-state index is 15.7. The number of carbonyl (C=O) groups is 2. The minimum atomic E-state index is -1.29. The molecule has 0 radical (unpaired) electrons. The van der Waals surface area contributed by atoms with E-state index in [1.807, 2.05) is 24.3 Å². The van der Waals surface area contributed by atoms with Gasteiger partial charge in [0, 0.05) is 70.3 Å². The number of carboxylic acid groups (broad SMARTS) is 1. The highest BCUT2D eigenvalue weighted by Gasteiger charge is 2.28. The van der Waals surface area contributed by atoms with Gasteiger partial charge in [-0.05, 0) is 48.2 Å². The summed E-state index contributed by atoms with van der Waals surface area (Å²) in [7, 11) is -1.29. The van der Waals surface area contributed by atoms with Crippen molar-refractivity contribution in [2.24, 2.45) is 0 Å². The molecule has 6 rings (SSSR count). The molecule has 1 amide bonds. The lowest BCUT2D eigenvalue weighted by atomic mass is 10.0. The summed E-state index contributed by atoms with van der Waals surface area (Å²) in [6.07, 6.45) is 3.30. The van der Waals surface area contributed by atoms with E-state index in [0.717, 1.165) is 23.2 Å². The minimum Gasteiger partial charge on any atom is -0.481 e. The fourth-order valence-electron chi connectivity index (χ4n) is 5.95. The first kappa shape index (κ1) is 35.0. The molecule has 262 valence electrons. The average Bonchev–Trinajstić information content (AvgIpc) is 3.79. The van der Waals surface area contributed by atoms with Crippen LogP contribution in [0, 0.1) is 17.5 Å². The van der Waals surface area contributed by atoms with Gasteiger partial charge in [-0.1, -0.05) is 43.9 Å². The molecule has 0 saturated carbocycles. The quantitative estimate of drug-likeness (QED) is 0.0928. The summed E-state index contributed by atoms with van der Waals surface area (Å²) in [6, 6.07) is 16.6. The van der Waals surface area contributed by atoms with Gasteiger partial charge in [0.25, 0.3) is 0 Å². The second-order valence-electron chi connectivity index (χ2n) is 13.7. The van der Waals surface area contributed by atoms with Crippen LogP contribution in [-0.4, -0.2) is 52.6 Å². The first-order valence-electron chi connectivity index (χ1n) is 16.6. The molecule has 3 aromatic carbocycles. The van der Waals surface area contributed by atoms with E-state index >= 15 is 13.2 Å². The molecule has 0 bridgehead atoms. The highest BCUT2D eigenvalue weighted by atomic mass is 28.3. The lowest BCUT2D eigenvalue weighted by Gasteiger charge is -2.18. The van der Waals surface area contributed by atoms with Crippen LogP contribution in [0.4, 0.5) is 19.0 Å². The topological polar surface area (TPSA) is 98.8 Å². The highest BCUT2D eigenvalue weighted by Crippen LogP contribution is 2.36. The smallest absolute Gasteiger partial charge is 0.303 e. The molecule has 1 aliphatic heterocycles. The molecule has 13 heteroatoms. The predicted molar refractivity (Wildman–Crippen MR) is 186 cm³/mol. The van der Waals surface area contributed by atoms with Crippen molar-refractivity contribution in [3.05, 3.63) is 101 Å². The summed E-state index contributed by atoms with van der Waals surface area (Å²) in [5.41, 5.74) is 2.51. The predicted octanol–water partition coefficient (Wildman–Crippen LogP) is 8.08. The van der Waals surface area contributed by atoms with Crippen LogP contribution in [0.2, 0.25) is 25.7 Å². The van der Waals surface area contributed by atoms with Crippen molar-refractivity contribution in [1.29, 1.82) is 0 Å². The van der Waals surface area contributed by atoms with Crippen molar-refractivity contribution in [2.45, 2.75) is 64.5 Å². The van der Waals surface area contributed by atoms with E-state index in [9.17, 15) is 9.59 Å². The van der Waals surface area contributed by atoms with Gasteiger partial charge in [-0.3, -0.25) is 14.5 Å². The van der Waals surface area contributed by atoms with Crippen molar-refractivity contribution in [2.75, 3.05) is 18.1 Å². The zero-order valence-corrected chi connectivity index (χ0v) is 29.2. The van der Waals surface area contributed by atoms with E-state index in [4.69, 9.17) is 14.6 Å². The number of rotatable bonds is 14. The van der Waals surface area contributed by atoms with Gasteiger partial charge in [-0.2, -0.15) is 5.10 Å². The van der Waals surface area contributed by atoms with E-state index in [-0.39, 0.29) is 35.9 Å². The van der Waals surface area contributed by atoms with Crippen LogP contribution in [-0.2, 0) is 33.9 Å². The Morgan fingerprint density at radius 3 is 2.54 bits per heavy atom. The van der Waals surface area contributed by atoms with E-state index in [0.29, 0.717) is 55.9 Å². The van der Waals surface area contributed by atoms with Crippen molar-refractivity contribution in [3.63, 3.8) is 0 Å². The van der Waals surface area contributed by atoms with E-state index in [1.54, 1.807) is 21.7 Å². The van der Waals surface area contributed by atoms with Crippen molar-refractivity contribution >= 4 is 36.7 Å². The number of hydrogen-bond donors (Lipinski definition) is 1. The van der Waals surface area contributed by atoms with Crippen LogP contribution in [0.1, 0.15) is 36.1 Å². The summed E-state index contributed by atoms with van der Waals surface area (Å²) in [5.74, 6) is -3.85. The molecule has 0 spiro atoms. The first-order chi connectivity index (χ1) is 23.9. The van der Waals surface area contributed by atoms with Crippen LogP contribution >= 0.6 is 0 Å². The maximum absolute atomic E-state index is 15.7. The molecular weight excluding hydrogens is 666 g/mol. The van der Waals surface area contributed by atoms with Gasteiger partial charge in [0.05, 0.1) is 11.2 Å². The Hall–Kier alpha value is -4.88. The van der Waals surface area contributed by atoms with Gasteiger partial charge in [-0.15, -0.1) is 0 Å². The standard InChI is InChI=1S/C37H39F3N4O5Si/c1-50(2,3)17-16-48-23-42-15-13-28-31(42)22-30(39)37(36(28)40)49-27-10-11-29(38)32(21-27)44-33(43-14-5-8-34(43)45)20-26(41-44)19-25-7-4-6-24(18-25)9-12-35(46)47/h4,6-7,10-11,13,15,18,20-22H,5,8-9,12,14,16-17,19,23H2,1-3H3,(H,46,47). The Morgan fingerprint density at radius 2 is 1.80 bits per heavy atom. The second-order valence-corrected chi connectivity index (χ2v) is 19.3. The molecule has 1 saturated heterocycles. The number of halogens is 3. The third-order valence-electron chi connectivity index (χ3n) is 8.61. The van der Waals surface area contributed by atoms with Crippen LogP contribution in [0.25, 0.3) is 16.6 Å². The molecule has 50 heavy (non-hydrogen) atoms. The van der Waals surface area contributed by atoms with Gasteiger partial charge in [0.1, 0.15) is 29.8 Å². The van der Waals surface area contributed by atoms with Gasteiger partial charge >= 0.3 is 5.97 Å². The lowest BCUT2D eigenvalue weighted by molar-refractivity contribution is -0.137. The van der Waals surface area contributed by atoms with Crippen LogP contribution in [0.15, 0.2) is 66.9 Å². The number of benzene rings is 3. The van der Waals surface area contributed by atoms with Gasteiger partial charge in [0.2, 0.25) is 5.91 Å². The molecule has 0 atom stereocenters. The molecule has 1 aliphatic rings. The zero-order chi connectivity index (χ0) is 35.6. The molecule has 3 heterocycles. The van der Waals surface area contributed by atoms with Crippen LogP contribution < -0.4 is 9.64 Å². The number of carboxylic acids is 1. The van der Waals surface area contributed by atoms with Crippen LogP contribution in [0.3, 0.4) is 0 Å². The lowest BCUT2D eigenvalue weighted by Crippen LogP contribution is -2.26. The van der Waals surface area contributed by atoms with E-state index < -0.39 is 37.2 Å². The zero-order valence-electron chi connectivity index (χ0n) is 28.2. The summed E-state index contributed by atoms with van der Waals surface area (Å²) < 4.78 is 61.2. The van der Waals surface area contributed by atoms with E-state index in [2.05, 4.69) is 24.7 Å². The average molecular weight is 705 g/mol. The largest absolute Gasteiger partial charge is 0.481 e. The molecule has 1 fully saturated rings. The summed E-state index contributed by atoms with van der Waals surface area (Å²) in [5, 5.41) is 13.9. The Morgan fingerprint density at radius 1 is 1.00 bits per heavy atom. The Bertz CT molecular complexity index is 2050.